The molecule has 98 valence electrons. The van der Waals surface area contributed by atoms with Gasteiger partial charge in [0.05, 0.1) is 0 Å². The summed E-state index contributed by atoms with van der Waals surface area (Å²) in [5.74, 6) is 1.11. The molecule has 0 saturated heterocycles. The molecule has 1 fully saturated rings. The molecule has 0 bridgehead atoms. The summed E-state index contributed by atoms with van der Waals surface area (Å²) in [6, 6.07) is 16.8. The normalized spacial score (nSPS) is 23.1. The Morgan fingerprint density at radius 2 is 1.84 bits per heavy atom. The van der Waals surface area contributed by atoms with Gasteiger partial charge < -0.3 is 5.73 Å². The van der Waals surface area contributed by atoms with Crippen molar-refractivity contribution in [1.29, 1.82) is 0 Å². The number of hydrogen-bond donors (Lipinski definition) is 1. The van der Waals surface area contributed by atoms with E-state index in [1.807, 2.05) is 19.1 Å². The van der Waals surface area contributed by atoms with Crippen molar-refractivity contribution in [3.05, 3.63) is 70.2 Å². The van der Waals surface area contributed by atoms with Gasteiger partial charge in [-0.05, 0) is 41.9 Å². The summed E-state index contributed by atoms with van der Waals surface area (Å²) < 4.78 is 0. The van der Waals surface area contributed by atoms with Gasteiger partial charge in [0.2, 0.25) is 0 Å². The highest BCUT2D eigenvalue weighted by Crippen LogP contribution is 2.53. The van der Waals surface area contributed by atoms with Gasteiger partial charge in [-0.15, -0.1) is 0 Å². The first-order valence-electron chi connectivity index (χ1n) is 6.74. The Bertz CT molecular complexity index is 579. The van der Waals surface area contributed by atoms with Crippen LogP contribution in [-0.2, 0) is 0 Å². The minimum Gasteiger partial charge on any atom is -0.324 e. The Kier molecular flexibility index (Phi) is 3.34. The second kappa shape index (κ2) is 4.99. The average Bonchev–Trinajstić information content (AvgIpc) is 3.22. The van der Waals surface area contributed by atoms with Crippen molar-refractivity contribution in [3.63, 3.8) is 0 Å². The van der Waals surface area contributed by atoms with Crippen molar-refractivity contribution in [2.24, 2.45) is 11.7 Å². The number of aryl methyl sites for hydroxylation is 1. The number of nitrogens with two attached hydrogens (primary N) is 1. The van der Waals surface area contributed by atoms with Gasteiger partial charge in [0.25, 0.3) is 0 Å². The first kappa shape index (κ1) is 12.7. The standard InChI is InChI=1S/C17H18ClN/c1-11-6-5-9-13(16(11)18)17(19)15-10-14(15)12-7-3-2-4-8-12/h2-9,14-15,17H,10,19H2,1H3. The highest BCUT2D eigenvalue weighted by Gasteiger charge is 2.43. The van der Waals surface area contributed by atoms with Gasteiger partial charge >= 0.3 is 0 Å². The predicted octanol–water partition coefficient (Wildman–Crippen LogP) is 4.45. The van der Waals surface area contributed by atoms with E-state index in [1.54, 1.807) is 0 Å². The smallest absolute Gasteiger partial charge is 0.0483 e. The van der Waals surface area contributed by atoms with E-state index >= 15 is 0 Å². The van der Waals surface area contributed by atoms with Gasteiger partial charge in [-0.3, -0.25) is 0 Å². The van der Waals surface area contributed by atoms with Crippen LogP contribution in [0.1, 0.15) is 35.1 Å². The van der Waals surface area contributed by atoms with E-state index in [4.69, 9.17) is 17.3 Å². The van der Waals surface area contributed by atoms with E-state index in [0.29, 0.717) is 11.8 Å². The fourth-order valence-electron chi connectivity index (χ4n) is 2.85. The van der Waals surface area contributed by atoms with Crippen LogP contribution >= 0.6 is 11.6 Å². The summed E-state index contributed by atoms with van der Waals surface area (Å²) in [6.07, 6.45) is 1.16. The largest absolute Gasteiger partial charge is 0.324 e. The zero-order chi connectivity index (χ0) is 13.4. The molecule has 0 aromatic heterocycles. The van der Waals surface area contributed by atoms with Crippen molar-refractivity contribution in [2.45, 2.75) is 25.3 Å². The third-order valence-corrected chi connectivity index (χ3v) is 4.63. The molecule has 2 aromatic rings. The topological polar surface area (TPSA) is 26.0 Å². The Morgan fingerprint density at radius 1 is 1.11 bits per heavy atom. The molecule has 0 heterocycles. The molecule has 1 saturated carbocycles. The lowest BCUT2D eigenvalue weighted by Crippen LogP contribution is -2.14. The first-order chi connectivity index (χ1) is 9.18. The van der Waals surface area contributed by atoms with Crippen LogP contribution in [0, 0.1) is 12.8 Å². The molecule has 0 amide bonds. The van der Waals surface area contributed by atoms with E-state index in [-0.39, 0.29) is 6.04 Å². The van der Waals surface area contributed by atoms with Gasteiger partial charge in [-0.2, -0.15) is 0 Å². The quantitative estimate of drug-likeness (QED) is 0.877. The lowest BCUT2D eigenvalue weighted by Gasteiger charge is -2.15. The van der Waals surface area contributed by atoms with Crippen LogP contribution in [-0.4, -0.2) is 0 Å². The average molecular weight is 272 g/mol. The maximum Gasteiger partial charge on any atom is 0.0483 e. The van der Waals surface area contributed by atoms with Crippen LogP contribution in [0.4, 0.5) is 0 Å². The molecule has 0 spiro atoms. The van der Waals surface area contributed by atoms with Crippen LogP contribution in [0.2, 0.25) is 5.02 Å². The summed E-state index contributed by atoms with van der Waals surface area (Å²) in [5.41, 5.74) is 10.00. The minimum absolute atomic E-state index is 0.0395. The highest BCUT2D eigenvalue weighted by molar-refractivity contribution is 6.32. The summed E-state index contributed by atoms with van der Waals surface area (Å²) in [6.45, 7) is 2.03. The van der Waals surface area contributed by atoms with Crippen LogP contribution < -0.4 is 5.73 Å². The van der Waals surface area contributed by atoms with Crippen molar-refractivity contribution in [2.75, 3.05) is 0 Å². The van der Waals surface area contributed by atoms with Crippen molar-refractivity contribution in [3.8, 4) is 0 Å². The number of rotatable bonds is 3. The van der Waals surface area contributed by atoms with E-state index < -0.39 is 0 Å². The zero-order valence-electron chi connectivity index (χ0n) is 11.0. The molecule has 19 heavy (non-hydrogen) atoms. The third-order valence-electron chi connectivity index (χ3n) is 4.11. The summed E-state index contributed by atoms with van der Waals surface area (Å²) in [5, 5.41) is 0.828. The summed E-state index contributed by atoms with van der Waals surface area (Å²) >= 11 is 6.37. The van der Waals surface area contributed by atoms with E-state index in [1.165, 1.54) is 5.56 Å². The molecule has 1 nitrogen and oxygen atoms in total. The van der Waals surface area contributed by atoms with Crippen molar-refractivity contribution in [1.82, 2.24) is 0 Å². The third kappa shape index (κ3) is 2.41. The van der Waals surface area contributed by atoms with Gasteiger partial charge in [-0.1, -0.05) is 60.1 Å². The maximum absolute atomic E-state index is 6.41. The molecule has 2 N–H and O–H groups in total. The second-order valence-corrected chi connectivity index (χ2v) is 5.80. The number of halogens is 1. The van der Waals surface area contributed by atoms with Gasteiger partial charge in [0, 0.05) is 11.1 Å². The molecule has 1 aliphatic carbocycles. The minimum atomic E-state index is 0.0395. The fourth-order valence-corrected chi connectivity index (χ4v) is 3.11. The molecular weight excluding hydrogens is 254 g/mol. The molecular formula is C17H18ClN. The SMILES string of the molecule is Cc1cccc(C(N)C2CC2c2ccccc2)c1Cl. The monoisotopic (exact) mass is 271 g/mol. The molecule has 3 atom stereocenters. The van der Waals surface area contributed by atoms with Crippen LogP contribution in [0.5, 0.6) is 0 Å². The fraction of sp³-hybridized carbons (Fsp3) is 0.294. The second-order valence-electron chi connectivity index (χ2n) is 5.42. The molecule has 2 heteroatoms. The Balaban J connectivity index is 1.80. The predicted molar refractivity (Wildman–Crippen MR) is 80.4 cm³/mol. The lowest BCUT2D eigenvalue weighted by atomic mass is 9.98. The van der Waals surface area contributed by atoms with E-state index in [9.17, 15) is 0 Å². The van der Waals surface area contributed by atoms with E-state index in [0.717, 1.165) is 22.6 Å². The molecule has 2 aromatic carbocycles. The van der Waals surface area contributed by atoms with Gasteiger partial charge in [0.1, 0.15) is 0 Å². The lowest BCUT2D eigenvalue weighted by molar-refractivity contribution is 0.615. The Labute approximate surface area is 119 Å². The van der Waals surface area contributed by atoms with E-state index in [2.05, 4.69) is 36.4 Å². The highest BCUT2D eigenvalue weighted by atomic mass is 35.5. The molecule has 3 rings (SSSR count). The number of benzene rings is 2. The van der Waals surface area contributed by atoms with Crippen molar-refractivity contribution < 1.29 is 0 Å². The zero-order valence-corrected chi connectivity index (χ0v) is 11.8. The first-order valence-corrected chi connectivity index (χ1v) is 7.12. The Hall–Kier alpha value is -1.31. The maximum atomic E-state index is 6.41. The van der Waals surface area contributed by atoms with Gasteiger partial charge in [0.15, 0.2) is 0 Å². The molecule has 1 aliphatic rings. The van der Waals surface area contributed by atoms with Crippen molar-refractivity contribution >= 4 is 11.6 Å². The van der Waals surface area contributed by atoms with Gasteiger partial charge in [-0.25, -0.2) is 0 Å². The van der Waals surface area contributed by atoms with Crippen LogP contribution in [0.3, 0.4) is 0 Å². The van der Waals surface area contributed by atoms with Crippen LogP contribution in [0.25, 0.3) is 0 Å². The van der Waals surface area contributed by atoms with Crippen LogP contribution in [0.15, 0.2) is 48.5 Å². The Morgan fingerprint density at radius 3 is 2.58 bits per heavy atom. The number of hydrogen-bond acceptors (Lipinski definition) is 1. The molecule has 0 aliphatic heterocycles. The molecule has 3 unspecified atom stereocenters. The summed E-state index contributed by atoms with van der Waals surface area (Å²) in [7, 11) is 0. The molecule has 0 radical (unpaired) electrons. The summed E-state index contributed by atoms with van der Waals surface area (Å²) in [4.78, 5) is 0.